The van der Waals surface area contributed by atoms with Gasteiger partial charge < -0.3 is 4.57 Å². The number of hydrogen-bond donors (Lipinski definition) is 0. The zero-order chi connectivity index (χ0) is 18.0. The van der Waals surface area contributed by atoms with Crippen LogP contribution in [0.4, 0.5) is 0 Å². The van der Waals surface area contributed by atoms with Crippen LogP contribution in [0.15, 0.2) is 47.7 Å². The third-order valence-corrected chi connectivity index (χ3v) is 2.04. The van der Waals surface area contributed by atoms with E-state index >= 15 is 0 Å². The fraction of sp³-hybridized carbons (Fsp3) is 0.524. The highest BCUT2D eigenvalue weighted by Crippen LogP contribution is 1.88. The van der Waals surface area contributed by atoms with E-state index in [1.54, 1.807) is 23.9 Å². The standard InChI is InChI=1S/C7H9NO.C6H7N.3C2H6.2CH4/c1-6-3-4-7(9)8(2)5-6;1-6-3-2-4-7-5-6;3*1-2;;/h3-5H,1-2H3;2-5H,1H3;3*1-2H3;2*1H4. The quantitative estimate of drug-likeness (QED) is 0.554. The van der Waals surface area contributed by atoms with E-state index < -0.39 is 0 Å². The van der Waals surface area contributed by atoms with E-state index in [4.69, 9.17) is 0 Å². The van der Waals surface area contributed by atoms with Crippen molar-refractivity contribution in [2.24, 2.45) is 7.05 Å². The number of hydrogen-bond acceptors (Lipinski definition) is 2. The summed E-state index contributed by atoms with van der Waals surface area (Å²) in [4.78, 5) is 14.6. The zero-order valence-electron chi connectivity index (χ0n) is 15.8. The molecule has 24 heavy (non-hydrogen) atoms. The minimum atomic E-state index is 0. The molecule has 0 bridgehead atoms. The minimum absolute atomic E-state index is 0. The van der Waals surface area contributed by atoms with E-state index in [9.17, 15) is 4.79 Å². The molecular weight excluding hydrogens is 296 g/mol. The van der Waals surface area contributed by atoms with Crippen molar-refractivity contribution in [3.8, 4) is 0 Å². The molecule has 0 aliphatic rings. The maximum absolute atomic E-state index is 10.7. The summed E-state index contributed by atoms with van der Waals surface area (Å²) < 4.78 is 1.56. The van der Waals surface area contributed by atoms with Crippen LogP contribution in [0, 0.1) is 13.8 Å². The van der Waals surface area contributed by atoms with Gasteiger partial charge in [-0.1, -0.05) is 68.5 Å². The molecule has 0 N–H and O–H groups in total. The smallest absolute Gasteiger partial charge is 0.250 e. The predicted molar refractivity (Wildman–Crippen MR) is 113 cm³/mol. The third-order valence-electron chi connectivity index (χ3n) is 2.04. The second kappa shape index (κ2) is 26.0. The van der Waals surface area contributed by atoms with E-state index in [0.29, 0.717) is 0 Å². The second-order valence-corrected chi connectivity index (χ2v) is 3.69. The molecule has 0 aliphatic heterocycles. The molecule has 142 valence electrons. The molecule has 3 heteroatoms. The summed E-state index contributed by atoms with van der Waals surface area (Å²) in [6.07, 6.45) is 5.41. The average molecular weight is 339 g/mol. The van der Waals surface area contributed by atoms with Crippen molar-refractivity contribution in [2.45, 2.75) is 70.2 Å². The van der Waals surface area contributed by atoms with Gasteiger partial charge in [-0.3, -0.25) is 9.78 Å². The molecule has 0 amide bonds. The lowest BCUT2D eigenvalue weighted by Gasteiger charge is -1.94. The van der Waals surface area contributed by atoms with Crippen molar-refractivity contribution in [1.82, 2.24) is 9.55 Å². The Morgan fingerprint density at radius 2 is 1.33 bits per heavy atom. The Morgan fingerprint density at radius 1 is 0.833 bits per heavy atom. The van der Waals surface area contributed by atoms with Crippen LogP contribution < -0.4 is 5.56 Å². The Labute approximate surface area is 151 Å². The summed E-state index contributed by atoms with van der Waals surface area (Å²) >= 11 is 0. The average Bonchev–Trinajstić information content (AvgIpc) is 2.58. The molecule has 0 atom stereocenters. The van der Waals surface area contributed by atoms with Crippen LogP contribution in [-0.2, 0) is 7.05 Å². The number of pyridine rings is 2. The molecule has 0 unspecified atom stereocenters. The summed E-state index contributed by atoms with van der Waals surface area (Å²) in [5.41, 5.74) is 2.36. The lowest BCUT2D eigenvalue weighted by Crippen LogP contribution is -2.13. The molecule has 2 aromatic heterocycles. The first-order valence-electron chi connectivity index (χ1n) is 8.09. The van der Waals surface area contributed by atoms with E-state index in [1.807, 2.05) is 86.0 Å². The number of nitrogens with zero attached hydrogens (tertiary/aromatic N) is 2. The van der Waals surface area contributed by atoms with Gasteiger partial charge in [-0.05, 0) is 31.0 Å². The molecule has 0 saturated carbocycles. The molecule has 0 aromatic carbocycles. The van der Waals surface area contributed by atoms with Gasteiger partial charge in [0.2, 0.25) is 5.56 Å². The maximum Gasteiger partial charge on any atom is 0.250 e. The van der Waals surface area contributed by atoms with Crippen LogP contribution in [0.5, 0.6) is 0 Å². The topological polar surface area (TPSA) is 34.9 Å². The van der Waals surface area contributed by atoms with Gasteiger partial charge in [0.05, 0.1) is 0 Å². The molecule has 0 fully saturated rings. The van der Waals surface area contributed by atoms with Crippen molar-refractivity contribution in [2.75, 3.05) is 0 Å². The molecular formula is C21H42N2O. The molecule has 3 nitrogen and oxygen atoms in total. The molecule has 0 spiro atoms. The Hall–Kier alpha value is -1.90. The second-order valence-electron chi connectivity index (χ2n) is 3.69. The Kier molecular flexibility index (Phi) is 36.5. The van der Waals surface area contributed by atoms with E-state index in [0.717, 1.165) is 5.56 Å². The van der Waals surface area contributed by atoms with Crippen LogP contribution in [0.25, 0.3) is 0 Å². The van der Waals surface area contributed by atoms with Crippen molar-refractivity contribution < 1.29 is 0 Å². The van der Waals surface area contributed by atoms with Gasteiger partial charge in [0, 0.05) is 31.7 Å². The van der Waals surface area contributed by atoms with Crippen LogP contribution in [0.2, 0.25) is 0 Å². The summed E-state index contributed by atoms with van der Waals surface area (Å²) in [6.45, 7) is 16.0. The van der Waals surface area contributed by atoms with Gasteiger partial charge in [0.1, 0.15) is 0 Å². The van der Waals surface area contributed by atoms with Gasteiger partial charge in [0.25, 0.3) is 0 Å². The third kappa shape index (κ3) is 20.1. The van der Waals surface area contributed by atoms with Crippen molar-refractivity contribution in [1.29, 1.82) is 0 Å². The van der Waals surface area contributed by atoms with E-state index in [-0.39, 0.29) is 20.4 Å². The lowest BCUT2D eigenvalue weighted by molar-refractivity contribution is 0.852. The molecule has 0 aliphatic carbocycles. The Balaban J connectivity index is -0.0000000727. The molecule has 2 heterocycles. The molecule has 2 aromatic rings. The largest absolute Gasteiger partial charge is 0.318 e. The molecule has 2 rings (SSSR count). The van der Waals surface area contributed by atoms with E-state index in [1.165, 1.54) is 5.56 Å². The highest BCUT2D eigenvalue weighted by Gasteiger charge is 1.86. The SMILES string of the molecule is C.C.CC.CC.CC.Cc1ccc(=O)n(C)c1.Cc1cccnc1. The van der Waals surface area contributed by atoms with Gasteiger partial charge >= 0.3 is 0 Å². The predicted octanol–water partition coefficient (Wildman–Crippen LogP) is 6.43. The summed E-state index contributed by atoms with van der Waals surface area (Å²) in [7, 11) is 1.75. The summed E-state index contributed by atoms with van der Waals surface area (Å²) in [6, 6.07) is 7.32. The van der Waals surface area contributed by atoms with Crippen molar-refractivity contribution in [3.63, 3.8) is 0 Å². The number of aromatic nitrogens is 2. The maximum atomic E-state index is 10.7. The highest BCUT2D eigenvalue weighted by molar-refractivity contribution is 5.06. The summed E-state index contributed by atoms with van der Waals surface area (Å²) in [5.74, 6) is 0. The normalized spacial score (nSPS) is 6.88. The zero-order valence-corrected chi connectivity index (χ0v) is 15.8. The van der Waals surface area contributed by atoms with Gasteiger partial charge in [-0.2, -0.15) is 0 Å². The van der Waals surface area contributed by atoms with Crippen LogP contribution in [0.1, 0.15) is 67.5 Å². The molecule has 0 saturated heterocycles. The van der Waals surface area contributed by atoms with Gasteiger partial charge in [0.15, 0.2) is 0 Å². The fourth-order valence-corrected chi connectivity index (χ4v) is 1.18. The summed E-state index contributed by atoms with van der Waals surface area (Å²) in [5, 5.41) is 0. The highest BCUT2D eigenvalue weighted by atomic mass is 16.1. The minimum Gasteiger partial charge on any atom is -0.318 e. The fourth-order valence-electron chi connectivity index (χ4n) is 1.18. The van der Waals surface area contributed by atoms with Crippen molar-refractivity contribution >= 4 is 0 Å². The number of rotatable bonds is 0. The van der Waals surface area contributed by atoms with Crippen LogP contribution >= 0.6 is 0 Å². The first kappa shape index (κ1) is 33.6. The lowest BCUT2D eigenvalue weighted by atomic mass is 10.3. The van der Waals surface area contributed by atoms with Crippen molar-refractivity contribution in [3.05, 3.63) is 64.3 Å². The first-order valence-corrected chi connectivity index (χ1v) is 8.09. The van der Waals surface area contributed by atoms with Gasteiger partial charge in [-0.15, -0.1) is 0 Å². The Bertz CT molecular complexity index is 491. The van der Waals surface area contributed by atoms with Crippen LogP contribution in [0.3, 0.4) is 0 Å². The van der Waals surface area contributed by atoms with Gasteiger partial charge in [-0.25, -0.2) is 0 Å². The molecule has 0 radical (unpaired) electrons. The van der Waals surface area contributed by atoms with Crippen LogP contribution in [-0.4, -0.2) is 9.55 Å². The Morgan fingerprint density at radius 3 is 1.58 bits per heavy atom. The van der Waals surface area contributed by atoms with E-state index in [2.05, 4.69) is 4.98 Å². The first-order chi connectivity index (χ1) is 10.6. The monoisotopic (exact) mass is 338 g/mol. The number of aryl methyl sites for hydroxylation is 3.